The lowest BCUT2D eigenvalue weighted by molar-refractivity contribution is -0.384. The van der Waals surface area contributed by atoms with E-state index in [1.165, 1.54) is 6.07 Å². The topological polar surface area (TPSA) is 55.2 Å². The second-order valence-electron chi connectivity index (χ2n) is 3.96. The van der Waals surface area contributed by atoms with Gasteiger partial charge in [-0.1, -0.05) is 22.0 Å². The minimum absolute atomic E-state index is 0.0487. The van der Waals surface area contributed by atoms with E-state index >= 15 is 0 Å². The van der Waals surface area contributed by atoms with Crippen LogP contribution in [0, 0.1) is 20.6 Å². The van der Waals surface area contributed by atoms with E-state index in [0.29, 0.717) is 10.2 Å². The Morgan fingerprint density at radius 2 is 2.00 bits per heavy atom. The summed E-state index contributed by atoms with van der Waals surface area (Å²) in [4.78, 5) is 10.7. The van der Waals surface area contributed by atoms with Gasteiger partial charge in [0.15, 0.2) is 0 Å². The summed E-state index contributed by atoms with van der Waals surface area (Å²) >= 11 is 5.48. The van der Waals surface area contributed by atoms with Crippen molar-refractivity contribution in [2.75, 3.05) is 5.32 Å². The lowest BCUT2D eigenvalue weighted by atomic mass is 10.2. The van der Waals surface area contributed by atoms with E-state index in [1.807, 2.05) is 25.1 Å². The monoisotopic (exact) mass is 432 g/mol. The summed E-state index contributed by atoms with van der Waals surface area (Å²) in [6.45, 7) is 1.98. The zero-order valence-electron chi connectivity index (χ0n) is 9.98. The third-order valence-corrected chi connectivity index (χ3v) is 4.36. The van der Waals surface area contributed by atoms with Gasteiger partial charge in [0, 0.05) is 19.8 Å². The molecule has 19 heavy (non-hydrogen) atoms. The van der Waals surface area contributed by atoms with Crippen LogP contribution >= 0.6 is 38.5 Å². The number of hydrogen-bond acceptors (Lipinski definition) is 3. The zero-order valence-corrected chi connectivity index (χ0v) is 13.7. The van der Waals surface area contributed by atoms with Crippen LogP contribution in [0.2, 0.25) is 0 Å². The molecule has 98 valence electrons. The third kappa shape index (κ3) is 3.24. The van der Waals surface area contributed by atoms with Gasteiger partial charge in [0.05, 0.1) is 4.92 Å². The molecule has 0 heterocycles. The quantitative estimate of drug-likeness (QED) is 0.421. The van der Waals surface area contributed by atoms with E-state index in [0.717, 1.165) is 14.8 Å². The molecule has 0 fully saturated rings. The number of nitrogens with one attached hydrogen (secondary N) is 1. The summed E-state index contributed by atoms with van der Waals surface area (Å²) in [5.41, 5.74) is 2.48. The van der Waals surface area contributed by atoms with Gasteiger partial charge in [0.1, 0.15) is 5.69 Å². The molecule has 2 aromatic carbocycles. The fraction of sp³-hybridized carbons (Fsp3) is 0.0769. The predicted molar refractivity (Wildman–Crippen MR) is 88.0 cm³/mol. The average Bonchev–Trinajstić information content (AvgIpc) is 2.36. The van der Waals surface area contributed by atoms with Crippen LogP contribution in [0.25, 0.3) is 0 Å². The molecule has 4 nitrogen and oxygen atoms in total. The Morgan fingerprint density at radius 1 is 1.26 bits per heavy atom. The Morgan fingerprint density at radius 3 is 2.68 bits per heavy atom. The molecule has 0 bridgehead atoms. The van der Waals surface area contributed by atoms with Gasteiger partial charge in [0.25, 0.3) is 5.69 Å². The number of anilines is 2. The molecule has 0 aliphatic heterocycles. The molecule has 0 spiro atoms. The number of nitro groups is 1. The van der Waals surface area contributed by atoms with Gasteiger partial charge in [-0.3, -0.25) is 10.1 Å². The Hall–Kier alpha value is -1.15. The summed E-state index contributed by atoms with van der Waals surface area (Å²) < 4.78 is 1.80. The predicted octanol–water partition coefficient (Wildman–Crippen LogP) is 5.01. The van der Waals surface area contributed by atoms with Gasteiger partial charge in [0.2, 0.25) is 0 Å². The Labute approximate surface area is 132 Å². The van der Waals surface area contributed by atoms with Crippen molar-refractivity contribution in [1.82, 2.24) is 0 Å². The van der Waals surface area contributed by atoms with E-state index in [9.17, 15) is 10.1 Å². The molecule has 0 radical (unpaired) electrons. The molecule has 0 saturated carbocycles. The maximum absolute atomic E-state index is 11.1. The number of benzene rings is 2. The Bertz CT molecular complexity index is 647. The molecule has 0 aliphatic carbocycles. The van der Waals surface area contributed by atoms with Gasteiger partial charge in [-0.25, -0.2) is 0 Å². The SMILES string of the molecule is Cc1c(I)cccc1Nc1ccc(Br)cc1[N+](=O)[O-]. The minimum Gasteiger partial charge on any atom is -0.350 e. The lowest BCUT2D eigenvalue weighted by Gasteiger charge is -2.11. The maximum atomic E-state index is 11.1. The van der Waals surface area contributed by atoms with Gasteiger partial charge in [-0.2, -0.15) is 0 Å². The molecule has 0 amide bonds. The highest BCUT2D eigenvalue weighted by molar-refractivity contribution is 14.1. The molecule has 0 atom stereocenters. The largest absolute Gasteiger partial charge is 0.350 e. The normalized spacial score (nSPS) is 10.3. The van der Waals surface area contributed by atoms with Crippen LogP contribution in [-0.2, 0) is 0 Å². The van der Waals surface area contributed by atoms with Gasteiger partial charge in [-0.15, -0.1) is 0 Å². The van der Waals surface area contributed by atoms with Crippen molar-refractivity contribution in [2.24, 2.45) is 0 Å². The zero-order chi connectivity index (χ0) is 14.0. The molecule has 1 N–H and O–H groups in total. The van der Waals surface area contributed by atoms with Crippen molar-refractivity contribution in [2.45, 2.75) is 6.92 Å². The van der Waals surface area contributed by atoms with Gasteiger partial charge < -0.3 is 5.32 Å². The van der Waals surface area contributed by atoms with Crippen LogP contribution in [0.15, 0.2) is 40.9 Å². The van der Waals surface area contributed by atoms with E-state index in [-0.39, 0.29) is 5.69 Å². The molecule has 0 aliphatic rings. The van der Waals surface area contributed by atoms with Gasteiger partial charge in [-0.05, 0) is 59.3 Å². The summed E-state index contributed by atoms with van der Waals surface area (Å²) in [5, 5.41) is 14.2. The lowest BCUT2D eigenvalue weighted by Crippen LogP contribution is -1.99. The summed E-state index contributed by atoms with van der Waals surface area (Å²) in [5.74, 6) is 0. The molecule has 0 unspecified atom stereocenters. The molecule has 2 aromatic rings. The maximum Gasteiger partial charge on any atom is 0.293 e. The summed E-state index contributed by atoms with van der Waals surface area (Å²) in [6.07, 6.45) is 0. The first-order valence-electron chi connectivity index (χ1n) is 5.45. The van der Waals surface area contributed by atoms with Crippen molar-refractivity contribution in [3.8, 4) is 0 Å². The first-order valence-corrected chi connectivity index (χ1v) is 7.32. The molecule has 6 heteroatoms. The second-order valence-corrected chi connectivity index (χ2v) is 6.03. The molecule has 2 rings (SSSR count). The van der Waals surface area contributed by atoms with Crippen molar-refractivity contribution in [3.63, 3.8) is 0 Å². The number of halogens is 2. The van der Waals surface area contributed by atoms with Crippen LogP contribution in [0.5, 0.6) is 0 Å². The van der Waals surface area contributed by atoms with Crippen molar-refractivity contribution in [3.05, 3.63) is 60.1 Å². The number of hydrogen-bond donors (Lipinski definition) is 1. The Kier molecular flexibility index (Phi) is 4.41. The van der Waals surface area contributed by atoms with Crippen LogP contribution in [0.3, 0.4) is 0 Å². The first-order chi connectivity index (χ1) is 8.99. The minimum atomic E-state index is -0.393. The fourth-order valence-corrected chi connectivity index (χ4v) is 2.50. The number of rotatable bonds is 3. The van der Waals surface area contributed by atoms with Crippen molar-refractivity contribution >= 4 is 55.6 Å². The van der Waals surface area contributed by atoms with Crippen molar-refractivity contribution < 1.29 is 4.92 Å². The van der Waals surface area contributed by atoms with Crippen LogP contribution in [0.4, 0.5) is 17.1 Å². The van der Waals surface area contributed by atoms with E-state index in [2.05, 4.69) is 43.8 Å². The van der Waals surface area contributed by atoms with Crippen LogP contribution < -0.4 is 5.32 Å². The van der Waals surface area contributed by atoms with Gasteiger partial charge >= 0.3 is 0 Å². The van der Waals surface area contributed by atoms with Crippen LogP contribution in [-0.4, -0.2) is 4.92 Å². The standard InChI is InChI=1S/C13H10BrIN2O2/c1-8-10(15)3-2-4-11(8)16-12-6-5-9(14)7-13(12)17(18)19/h2-7,16H,1H3. The molecule has 0 aromatic heterocycles. The second kappa shape index (κ2) is 5.87. The third-order valence-electron chi connectivity index (χ3n) is 2.69. The smallest absolute Gasteiger partial charge is 0.293 e. The summed E-state index contributed by atoms with van der Waals surface area (Å²) in [7, 11) is 0. The fourth-order valence-electron chi connectivity index (χ4n) is 1.65. The van der Waals surface area contributed by atoms with E-state index in [4.69, 9.17) is 0 Å². The molecular weight excluding hydrogens is 423 g/mol. The number of nitro benzene ring substituents is 1. The van der Waals surface area contributed by atoms with E-state index < -0.39 is 4.92 Å². The summed E-state index contributed by atoms with van der Waals surface area (Å²) in [6, 6.07) is 10.8. The number of nitrogens with zero attached hydrogens (tertiary/aromatic N) is 1. The first kappa shape index (κ1) is 14.3. The van der Waals surface area contributed by atoms with Crippen LogP contribution in [0.1, 0.15) is 5.56 Å². The highest BCUT2D eigenvalue weighted by Crippen LogP contribution is 2.32. The highest BCUT2D eigenvalue weighted by Gasteiger charge is 2.15. The van der Waals surface area contributed by atoms with E-state index in [1.54, 1.807) is 12.1 Å². The average molecular weight is 433 g/mol. The molecule has 0 saturated heterocycles. The Balaban J connectivity index is 2.44. The molecular formula is C13H10BrIN2O2. The van der Waals surface area contributed by atoms with Crippen molar-refractivity contribution in [1.29, 1.82) is 0 Å². The highest BCUT2D eigenvalue weighted by atomic mass is 127.